The van der Waals surface area contributed by atoms with Crippen molar-refractivity contribution in [1.29, 1.82) is 0 Å². The van der Waals surface area contributed by atoms with Gasteiger partial charge in [0.15, 0.2) is 9.84 Å². The van der Waals surface area contributed by atoms with Crippen LogP contribution in [0.15, 0.2) is 47.4 Å². The third-order valence-corrected chi connectivity index (χ3v) is 6.60. The van der Waals surface area contributed by atoms with E-state index in [0.717, 1.165) is 31.4 Å². The second kappa shape index (κ2) is 7.16. The van der Waals surface area contributed by atoms with Gasteiger partial charge in [-0.1, -0.05) is 24.8 Å². The molecule has 2 heterocycles. The fourth-order valence-corrected chi connectivity index (χ4v) is 5.11. The summed E-state index contributed by atoms with van der Waals surface area (Å²) in [6.45, 7) is 5.46. The van der Waals surface area contributed by atoms with Gasteiger partial charge in [-0.05, 0) is 37.0 Å². The van der Waals surface area contributed by atoms with E-state index in [-0.39, 0.29) is 23.9 Å². The smallest absolute Gasteiger partial charge is 0.178 e. The maximum absolute atomic E-state index is 12.6. The van der Waals surface area contributed by atoms with Crippen molar-refractivity contribution in [2.24, 2.45) is 5.92 Å². The molecular weight excluding hydrogens is 312 g/mol. The van der Waals surface area contributed by atoms with Crippen molar-refractivity contribution >= 4 is 9.84 Å². The Bertz CT molecular complexity index is 638. The van der Waals surface area contributed by atoms with E-state index in [4.69, 9.17) is 9.47 Å². The molecule has 2 aliphatic heterocycles. The topological polar surface area (TPSA) is 52.6 Å². The van der Waals surface area contributed by atoms with E-state index in [1.54, 1.807) is 24.3 Å². The van der Waals surface area contributed by atoms with Crippen LogP contribution in [0.2, 0.25) is 0 Å². The number of sulfone groups is 1. The van der Waals surface area contributed by atoms with Crippen LogP contribution in [0.25, 0.3) is 0 Å². The summed E-state index contributed by atoms with van der Waals surface area (Å²) in [7, 11) is -3.27. The summed E-state index contributed by atoms with van der Waals surface area (Å²) in [6, 6.07) is 8.66. The zero-order chi connectivity index (χ0) is 16.3. The Hall–Kier alpha value is -1.17. The van der Waals surface area contributed by atoms with E-state index in [1.165, 1.54) is 0 Å². The normalized spacial score (nSPS) is 28.9. The highest BCUT2D eigenvalue weighted by atomic mass is 32.2. The quantitative estimate of drug-likeness (QED) is 0.776. The summed E-state index contributed by atoms with van der Waals surface area (Å²) >= 11 is 0. The van der Waals surface area contributed by atoms with Crippen molar-refractivity contribution in [3.05, 3.63) is 42.5 Å². The Labute approximate surface area is 138 Å². The van der Waals surface area contributed by atoms with E-state index in [0.29, 0.717) is 17.9 Å². The van der Waals surface area contributed by atoms with Crippen LogP contribution >= 0.6 is 0 Å². The maximum Gasteiger partial charge on any atom is 0.178 e. The number of rotatable bonds is 5. The third kappa shape index (κ3) is 4.03. The van der Waals surface area contributed by atoms with Crippen molar-refractivity contribution in [3.63, 3.8) is 0 Å². The molecule has 2 saturated heterocycles. The van der Waals surface area contributed by atoms with Crippen LogP contribution in [0, 0.1) is 5.92 Å². The van der Waals surface area contributed by atoms with Crippen LogP contribution in [-0.2, 0) is 19.3 Å². The average molecular weight is 336 g/mol. The lowest BCUT2D eigenvalue weighted by Gasteiger charge is -2.29. The Balaban J connectivity index is 1.66. The molecule has 23 heavy (non-hydrogen) atoms. The molecule has 3 atom stereocenters. The summed E-state index contributed by atoms with van der Waals surface area (Å²) < 4.78 is 36.8. The lowest BCUT2D eigenvalue weighted by molar-refractivity contribution is -0.000326. The Morgan fingerprint density at radius 3 is 2.65 bits per heavy atom. The van der Waals surface area contributed by atoms with E-state index in [2.05, 4.69) is 6.58 Å². The molecule has 0 spiro atoms. The Morgan fingerprint density at radius 1 is 1.13 bits per heavy atom. The minimum Gasteiger partial charge on any atom is -0.378 e. The van der Waals surface area contributed by atoms with Gasteiger partial charge in [0.2, 0.25) is 0 Å². The van der Waals surface area contributed by atoms with Crippen molar-refractivity contribution in [3.8, 4) is 0 Å². The highest BCUT2D eigenvalue weighted by Crippen LogP contribution is 2.31. The molecule has 2 aliphatic rings. The first-order valence-corrected chi connectivity index (χ1v) is 9.90. The first kappa shape index (κ1) is 16.7. The van der Waals surface area contributed by atoms with Gasteiger partial charge >= 0.3 is 0 Å². The van der Waals surface area contributed by atoms with E-state index >= 15 is 0 Å². The second-order valence-electron chi connectivity index (χ2n) is 6.41. The van der Waals surface area contributed by atoms with Crippen LogP contribution < -0.4 is 0 Å². The molecular formula is C18H24O4S. The molecule has 2 fully saturated rings. The van der Waals surface area contributed by atoms with Gasteiger partial charge in [-0.15, -0.1) is 0 Å². The van der Waals surface area contributed by atoms with Crippen LogP contribution in [-0.4, -0.2) is 39.6 Å². The van der Waals surface area contributed by atoms with Gasteiger partial charge in [-0.25, -0.2) is 8.42 Å². The van der Waals surface area contributed by atoms with Gasteiger partial charge < -0.3 is 9.47 Å². The third-order valence-electron chi connectivity index (χ3n) is 4.75. The van der Waals surface area contributed by atoms with Gasteiger partial charge in [-0.3, -0.25) is 0 Å². The fraction of sp³-hybridized carbons (Fsp3) is 0.556. The molecule has 0 amide bonds. The van der Waals surface area contributed by atoms with E-state index in [1.807, 2.05) is 6.07 Å². The minimum atomic E-state index is -3.27. The molecule has 126 valence electrons. The second-order valence-corrected chi connectivity index (χ2v) is 8.44. The molecule has 0 aliphatic carbocycles. The molecule has 3 rings (SSSR count). The summed E-state index contributed by atoms with van der Waals surface area (Å²) in [4.78, 5) is 0.393. The van der Waals surface area contributed by atoms with Crippen molar-refractivity contribution in [2.75, 3.05) is 19.0 Å². The van der Waals surface area contributed by atoms with Crippen LogP contribution in [0.3, 0.4) is 0 Å². The van der Waals surface area contributed by atoms with Gasteiger partial charge in [0, 0.05) is 25.6 Å². The van der Waals surface area contributed by atoms with Gasteiger partial charge in [-0.2, -0.15) is 0 Å². The molecule has 1 aromatic rings. The van der Waals surface area contributed by atoms with Crippen molar-refractivity contribution in [2.45, 2.75) is 42.8 Å². The molecule has 0 aromatic heterocycles. The zero-order valence-electron chi connectivity index (χ0n) is 13.3. The van der Waals surface area contributed by atoms with E-state index < -0.39 is 9.84 Å². The summed E-state index contributed by atoms with van der Waals surface area (Å²) in [5, 5.41) is 0. The van der Waals surface area contributed by atoms with Gasteiger partial charge in [0.1, 0.15) is 0 Å². The van der Waals surface area contributed by atoms with Crippen LogP contribution in [0.5, 0.6) is 0 Å². The SMILES string of the molecule is C=C1CCCOC1CC1OCC[C@H]1CS(=O)(=O)c1ccccc1. The highest BCUT2D eigenvalue weighted by Gasteiger charge is 2.35. The predicted octanol–water partition coefficient (Wildman–Crippen LogP) is 2.99. The van der Waals surface area contributed by atoms with Crippen molar-refractivity contribution in [1.82, 2.24) is 0 Å². The lowest BCUT2D eigenvalue weighted by atomic mass is 9.93. The summed E-state index contributed by atoms with van der Waals surface area (Å²) in [5.74, 6) is 0.166. The lowest BCUT2D eigenvalue weighted by Crippen LogP contribution is -2.31. The molecule has 0 saturated carbocycles. The highest BCUT2D eigenvalue weighted by molar-refractivity contribution is 7.91. The van der Waals surface area contributed by atoms with Gasteiger partial charge in [0.05, 0.1) is 22.9 Å². The summed E-state index contributed by atoms with van der Waals surface area (Å²) in [5.41, 5.74) is 1.11. The number of hydrogen-bond acceptors (Lipinski definition) is 4. The molecule has 2 unspecified atom stereocenters. The molecule has 0 bridgehead atoms. The average Bonchev–Trinajstić information content (AvgIpc) is 2.97. The standard InChI is InChI=1S/C18H24O4S/c1-14-6-5-10-21-17(14)12-18-15(9-11-22-18)13-23(19,20)16-7-3-2-4-8-16/h2-4,7-8,15,17-18H,1,5-6,9-13H2/t15-,17?,18?/m0/s1. The number of ether oxygens (including phenoxy) is 2. The Kier molecular flexibility index (Phi) is 5.19. The fourth-order valence-electron chi connectivity index (χ4n) is 3.40. The van der Waals surface area contributed by atoms with Crippen LogP contribution in [0.1, 0.15) is 25.7 Å². The first-order valence-electron chi connectivity index (χ1n) is 8.25. The largest absolute Gasteiger partial charge is 0.378 e. The van der Waals surface area contributed by atoms with Crippen molar-refractivity contribution < 1.29 is 17.9 Å². The predicted molar refractivity (Wildman–Crippen MR) is 89.1 cm³/mol. The number of benzene rings is 1. The molecule has 5 heteroatoms. The molecule has 0 N–H and O–H groups in total. The monoisotopic (exact) mass is 336 g/mol. The zero-order valence-corrected chi connectivity index (χ0v) is 14.1. The molecule has 0 radical (unpaired) electrons. The number of hydrogen-bond donors (Lipinski definition) is 0. The molecule has 1 aromatic carbocycles. The Morgan fingerprint density at radius 2 is 1.91 bits per heavy atom. The van der Waals surface area contributed by atoms with Crippen LogP contribution in [0.4, 0.5) is 0 Å². The minimum absolute atomic E-state index is 0.00813. The first-order chi connectivity index (χ1) is 11.1. The van der Waals surface area contributed by atoms with Gasteiger partial charge in [0.25, 0.3) is 0 Å². The maximum atomic E-state index is 12.6. The molecule has 4 nitrogen and oxygen atoms in total. The van der Waals surface area contributed by atoms with E-state index in [9.17, 15) is 8.42 Å². The summed E-state index contributed by atoms with van der Waals surface area (Å²) in [6.07, 6.45) is 3.46.